The Labute approximate surface area is 93.4 Å². The lowest BCUT2D eigenvalue weighted by atomic mass is 10.3. The lowest BCUT2D eigenvalue weighted by Crippen LogP contribution is -1.99. The Hall–Kier alpha value is -0.540. The van der Waals surface area contributed by atoms with Gasteiger partial charge in [0.25, 0.3) is 0 Å². The van der Waals surface area contributed by atoms with Crippen LogP contribution in [0, 0.1) is 0 Å². The monoisotopic (exact) mass is 258 g/mol. The quantitative estimate of drug-likeness (QED) is 0.730. The van der Waals surface area contributed by atoms with Gasteiger partial charge in [0.05, 0.1) is 6.61 Å². The van der Waals surface area contributed by atoms with Crippen molar-refractivity contribution in [2.24, 2.45) is 0 Å². The van der Waals surface area contributed by atoms with Crippen LogP contribution in [0.3, 0.4) is 0 Å². The van der Waals surface area contributed by atoms with E-state index in [1.165, 1.54) is 0 Å². The van der Waals surface area contributed by atoms with Crippen molar-refractivity contribution in [2.45, 2.75) is 12.8 Å². The summed E-state index contributed by atoms with van der Waals surface area (Å²) >= 11 is 3.38. The normalized spacial score (nSPS) is 10.1. The minimum atomic E-state index is 0.755. The summed E-state index contributed by atoms with van der Waals surface area (Å²) in [5.74, 6) is 0.922. The molecule has 0 saturated carbocycles. The van der Waals surface area contributed by atoms with Crippen LogP contribution in [0.1, 0.15) is 12.8 Å². The Morgan fingerprint density at radius 1 is 1.07 bits per heavy atom. The molecule has 0 aromatic heterocycles. The summed E-state index contributed by atoms with van der Waals surface area (Å²) in [6, 6.07) is 7.87. The van der Waals surface area contributed by atoms with Crippen LogP contribution in [0.5, 0.6) is 5.75 Å². The lowest BCUT2D eigenvalue weighted by Gasteiger charge is -2.05. The average Bonchev–Trinajstić information content (AvgIpc) is 2.21. The van der Waals surface area contributed by atoms with Crippen LogP contribution >= 0.6 is 15.9 Å². The smallest absolute Gasteiger partial charge is 0.119 e. The highest BCUT2D eigenvalue weighted by atomic mass is 79.9. The number of hydrogen-bond acceptors (Lipinski definition) is 2. The second-order valence-corrected chi connectivity index (χ2v) is 3.92. The average molecular weight is 259 g/mol. The summed E-state index contributed by atoms with van der Waals surface area (Å²) < 4.78 is 11.6. The maximum Gasteiger partial charge on any atom is 0.119 e. The zero-order valence-corrected chi connectivity index (χ0v) is 9.92. The molecule has 0 unspecified atom stereocenters. The Balaban J connectivity index is 2.15. The lowest BCUT2D eigenvalue weighted by molar-refractivity contribution is 0.184. The molecule has 0 atom stereocenters. The van der Waals surface area contributed by atoms with Gasteiger partial charge < -0.3 is 9.47 Å². The van der Waals surface area contributed by atoms with Crippen molar-refractivity contribution in [3.8, 4) is 5.75 Å². The van der Waals surface area contributed by atoms with Crippen molar-refractivity contribution in [3.05, 3.63) is 28.7 Å². The van der Waals surface area contributed by atoms with Gasteiger partial charge in [-0.25, -0.2) is 0 Å². The van der Waals surface area contributed by atoms with Gasteiger partial charge in [-0.15, -0.1) is 0 Å². The molecule has 2 nitrogen and oxygen atoms in total. The molecule has 0 bridgehead atoms. The molecule has 14 heavy (non-hydrogen) atoms. The highest BCUT2D eigenvalue weighted by Gasteiger charge is 1.93. The third kappa shape index (κ3) is 4.63. The van der Waals surface area contributed by atoms with Crippen LogP contribution in [-0.4, -0.2) is 20.3 Å². The van der Waals surface area contributed by atoms with Crippen molar-refractivity contribution >= 4 is 15.9 Å². The standard InChI is InChI=1S/C11H15BrO2/c1-13-8-2-3-9-14-11-6-4-10(12)5-7-11/h4-7H,2-3,8-9H2,1H3. The van der Waals surface area contributed by atoms with E-state index in [0.29, 0.717) is 0 Å². The molecule has 0 aliphatic heterocycles. The molecule has 0 saturated heterocycles. The van der Waals surface area contributed by atoms with E-state index in [9.17, 15) is 0 Å². The number of rotatable bonds is 6. The number of benzene rings is 1. The van der Waals surface area contributed by atoms with Crippen molar-refractivity contribution in [2.75, 3.05) is 20.3 Å². The molecule has 0 fully saturated rings. The molecule has 3 heteroatoms. The summed E-state index contributed by atoms with van der Waals surface area (Å²) in [4.78, 5) is 0. The molecule has 1 aromatic carbocycles. The SMILES string of the molecule is COCCCCOc1ccc(Br)cc1. The number of ether oxygens (including phenoxy) is 2. The summed E-state index contributed by atoms with van der Waals surface area (Å²) in [5, 5.41) is 0. The zero-order valence-electron chi connectivity index (χ0n) is 8.33. The topological polar surface area (TPSA) is 18.5 Å². The highest BCUT2D eigenvalue weighted by Crippen LogP contribution is 2.16. The predicted octanol–water partition coefficient (Wildman–Crippen LogP) is 3.25. The highest BCUT2D eigenvalue weighted by molar-refractivity contribution is 9.10. The first-order valence-corrected chi connectivity index (χ1v) is 5.49. The molecule has 78 valence electrons. The van der Waals surface area contributed by atoms with Gasteiger partial charge in [0, 0.05) is 18.2 Å². The van der Waals surface area contributed by atoms with Gasteiger partial charge in [-0.1, -0.05) is 15.9 Å². The number of unbranched alkanes of at least 4 members (excludes halogenated alkanes) is 1. The van der Waals surface area contributed by atoms with Crippen LogP contribution in [0.15, 0.2) is 28.7 Å². The molecule has 0 N–H and O–H groups in total. The number of hydrogen-bond donors (Lipinski definition) is 0. The van der Waals surface area contributed by atoms with Crippen molar-refractivity contribution in [3.63, 3.8) is 0 Å². The Morgan fingerprint density at radius 2 is 1.71 bits per heavy atom. The maximum absolute atomic E-state index is 5.53. The van der Waals surface area contributed by atoms with Gasteiger partial charge in [0.2, 0.25) is 0 Å². The first-order valence-electron chi connectivity index (χ1n) is 4.70. The maximum atomic E-state index is 5.53. The van der Waals surface area contributed by atoms with E-state index in [-0.39, 0.29) is 0 Å². The Kier molecular flexibility index (Phi) is 5.64. The van der Waals surface area contributed by atoms with Crippen LogP contribution in [-0.2, 0) is 4.74 Å². The first-order chi connectivity index (χ1) is 6.83. The Bertz CT molecular complexity index is 246. The molecule has 1 rings (SSSR count). The Morgan fingerprint density at radius 3 is 2.36 bits per heavy atom. The van der Waals surface area contributed by atoms with E-state index in [1.807, 2.05) is 24.3 Å². The van der Waals surface area contributed by atoms with Crippen LogP contribution in [0.4, 0.5) is 0 Å². The second-order valence-electron chi connectivity index (χ2n) is 3.00. The van der Waals surface area contributed by atoms with Crippen molar-refractivity contribution < 1.29 is 9.47 Å². The number of halogens is 1. The van der Waals surface area contributed by atoms with Gasteiger partial charge in [-0.2, -0.15) is 0 Å². The molecule has 1 aromatic rings. The van der Waals surface area contributed by atoms with E-state index >= 15 is 0 Å². The molecule has 0 aliphatic rings. The zero-order chi connectivity index (χ0) is 10.2. The van der Waals surface area contributed by atoms with Crippen molar-refractivity contribution in [1.82, 2.24) is 0 Å². The van der Waals surface area contributed by atoms with Crippen LogP contribution in [0.2, 0.25) is 0 Å². The largest absolute Gasteiger partial charge is 0.494 e. The third-order valence-electron chi connectivity index (χ3n) is 1.83. The molecular weight excluding hydrogens is 244 g/mol. The second kappa shape index (κ2) is 6.85. The van der Waals surface area contributed by atoms with E-state index in [0.717, 1.165) is 36.3 Å². The summed E-state index contributed by atoms with van der Waals surface area (Å²) in [6.07, 6.45) is 2.08. The molecular formula is C11H15BrO2. The van der Waals surface area contributed by atoms with Gasteiger partial charge >= 0.3 is 0 Å². The van der Waals surface area contributed by atoms with Gasteiger partial charge in [0.15, 0.2) is 0 Å². The van der Waals surface area contributed by atoms with Gasteiger partial charge in [-0.3, -0.25) is 0 Å². The minimum Gasteiger partial charge on any atom is -0.494 e. The summed E-state index contributed by atoms with van der Waals surface area (Å²) in [7, 11) is 1.72. The van der Waals surface area contributed by atoms with Gasteiger partial charge in [-0.05, 0) is 37.1 Å². The van der Waals surface area contributed by atoms with E-state index in [1.54, 1.807) is 7.11 Å². The summed E-state index contributed by atoms with van der Waals surface area (Å²) in [5.41, 5.74) is 0. The first kappa shape index (κ1) is 11.5. The molecule has 0 radical (unpaired) electrons. The van der Waals surface area contributed by atoms with Crippen LogP contribution in [0.25, 0.3) is 0 Å². The predicted molar refractivity (Wildman–Crippen MR) is 60.7 cm³/mol. The fourth-order valence-corrected chi connectivity index (χ4v) is 1.33. The molecule has 0 spiro atoms. The van der Waals surface area contributed by atoms with E-state index < -0.39 is 0 Å². The third-order valence-corrected chi connectivity index (χ3v) is 2.35. The minimum absolute atomic E-state index is 0.755. The van der Waals surface area contributed by atoms with E-state index in [4.69, 9.17) is 9.47 Å². The van der Waals surface area contributed by atoms with Gasteiger partial charge in [0.1, 0.15) is 5.75 Å². The fourth-order valence-electron chi connectivity index (χ4n) is 1.07. The van der Waals surface area contributed by atoms with Crippen molar-refractivity contribution in [1.29, 1.82) is 0 Å². The van der Waals surface area contributed by atoms with E-state index in [2.05, 4.69) is 15.9 Å². The molecule has 0 heterocycles. The molecule has 0 amide bonds. The van der Waals surface area contributed by atoms with Crippen LogP contribution < -0.4 is 4.74 Å². The molecule has 0 aliphatic carbocycles. The fraction of sp³-hybridized carbons (Fsp3) is 0.455. The number of methoxy groups -OCH3 is 1. The summed E-state index contributed by atoms with van der Waals surface area (Å²) in [6.45, 7) is 1.56.